The lowest BCUT2D eigenvalue weighted by Crippen LogP contribution is -2.02. The molecule has 0 aliphatic carbocycles. The molecule has 94 valence electrons. The third-order valence-electron chi connectivity index (χ3n) is 3.08. The predicted molar refractivity (Wildman–Crippen MR) is 76.2 cm³/mol. The van der Waals surface area contributed by atoms with Gasteiger partial charge in [-0.2, -0.15) is 0 Å². The van der Waals surface area contributed by atoms with Crippen LogP contribution in [0.25, 0.3) is 0 Å². The molecule has 2 rings (SSSR count). The molecule has 0 radical (unpaired) electrons. The Kier molecular flexibility index (Phi) is 3.88. The summed E-state index contributed by atoms with van der Waals surface area (Å²) in [6.07, 6.45) is 0. The molecular formula is C16H19NO. The summed E-state index contributed by atoms with van der Waals surface area (Å²) in [6, 6.07) is 14.5. The van der Waals surface area contributed by atoms with Gasteiger partial charge in [-0.05, 0) is 42.7 Å². The molecular weight excluding hydrogens is 222 g/mol. The van der Waals surface area contributed by atoms with Crippen LogP contribution in [0.15, 0.2) is 42.5 Å². The largest absolute Gasteiger partial charge is 0.497 e. The van der Waals surface area contributed by atoms with Gasteiger partial charge in [0.05, 0.1) is 7.11 Å². The van der Waals surface area contributed by atoms with Crippen LogP contribution in [-0.4, -0.2) is 7.11 Å². The maximum Gasteiger partial charge on any atom is 0.119 e. The standard InChI is InChI=1S/C16H19NO/c1-12-6-4-7-13(2)16(12)17-11-14-8-5-9-15(10-14)18-3/h4-10,17H,11H2,1-3H3. The molecule has 0 saturated heterocycles. The van der Waals surface area contributed by atoms with E-state index in [1.807, 2.05) is 12.1 Å². The van der Waals surface area contributed by atoms with Gasteiger partial charge in [0.2, 0.25) is 0 Å². The van der Waals surface area contributed by atoms with Crippen molar-refractivity contribution in [1.29, 1.82) is 0 Å². The Hall–Kier alpha value is -1.96. The molecule has 0 heterocycles. The monoisotopic (exact) mass is 241 g/mol. The van der Waals surface area contributed by atoms with Gasteiger partial charge < -0.3 is 10.1 Å². The number of para-hydroxylation sites is 1. The number of anilines is 1. The van der Waals surface area contributed by atoms with E-state index in [0.29, 0.717) is 0 Å². The van der Waals surface area contributed by atoms with E-state index in [-0.39, 0.29) is 0 Å². The van der Waals surface area contributed by atoms with Crippen LogP contribution in [0.5, 0.6) is 5.75 Å². The average Bonchev–Trinajstić information content (AvgIpc) is 2.38. The Morgan fingerprint density at radius 3 is 2.33 bits per heavy atom. The summed E-state index contributed by atoms with van der Waals surface area (Å²) in [6.45, 7) is 5.06. The zero-order valence-electron chi connectivity index (χ0n) is 11.2. The second-order valence-electron chi connectivity index (χ2n) is 4.47. The van der Waals surface area contributed by atoms with Gasteiger partial charge in [0, 0.05) is 12.2 Å². The summed E-state index contributed by atoms with van der Waals surface area (Å²) >= 11 is 0. The lowest BCUT2D eigenvalue weighted by Gasteiger charge is -2.13. The van der Waals surface area contributed by atoms with Gasteiger partial charge in [0.25, 0.3) is 0 Å². The molecule has 0 atom stereocenters. The number of nitrogens with one attached hydrogen (secondary N) is 1. The van der Waals surface area contributed by atoms with Crippen LogP contribution in [0.4, 0.5) is 5.69 Å². The summed E-state index contributed by atoms with van der Waals surface area (Å²) in [5, 5.41) is 3.49. The van der Waals surface area contributed by atoms with Gasteiger partial charge >= 0.3 is 0 Å². The zero-order chi connectivity index (χ0) is 13.0. The fourth-order valence-corrected chi connectivity index (χ4v) is 2.07. The van der Waals surface area contributed by atoms with Gasteiger partial charge in [0.1, 0.15) is 5.75 Å². The Morgan fingerprint density at radius 1 is 1.00 bits per heavy atom. The van der Waals surface area contributed by atoms with E-state index in [0.717, 1.165) is 12.3 Å². The Bertz CT molecular complexity index is 514. The molecule has 0 fully saturated rings. The third kappa shape index (κ3) is 2.83. The molecule has 0 saturated carbocycles. The van der Waals surface area contributed by atoms with Gasteiger partial charge in [-0.1, -0.05) is 30.3 Å². The first-order valence-electron chi connectivity index (χ1n) is 6.13. The van der Waals surface area contributed by atoms with Crippen LogP contribution in [0.2, 0.25) is 0 Å². The van der Waals surface area contributed by atoms with Crippen molar-refractivity contribution in [2.45, 2.75) is 20.4 Å². The molecule has 0 aliphatic rings. The number of hydrogen-bond acceptors (Lipinski definition) is 2. The molecule has 0 amide bonds. The number of rotatable bonds is 4. The molecule has 0 bridgehead atoms. The van der Waals surface area contributed by atoms with Gasteiger partial charge in [-0.15, -0.1) is 0 Å². The molecule has 2 aromatic carbocycles. The third-order valence-corrected chi connectivity index (χ3v) is 3.08. The van der Waals surface area contributed by atoms with Crippen molar-refractivity contribution in [3.05, 3.63) is 59.2 Å². The van der Waals surface area contributed by atoms with Crippen LogP contribution < -0.4 is 10.1 Å². The summed E-state index contributed by atoms with van der Waals surface area (Å²) in [5.41, 5.74) is 4.99. The normalized spacial score (nSPS) is 10.2. The summed E-state index contributed by atoms with van der Waals surface area (Å²) in [7, 11) is 1.69. The van der Waals surface area contributed by atoms with E-state index >= 15 is 0 Å². The summed E-state index contributed by atoms with van der Waals surface area (Å²) < 4.78 is 5.23. The lowest BCUT2D eigenvalue weighted by atomic mass is 10.1. The SMILES string of the molecule is COc1cccc(CNc2c(C)cccc2C)c1. The Labute approximate surface area is 109 Å². The predicted octanol–water partition coefficient (Wildman–Crippen LogP) is 3.92. The van der Waals surface area contributed by atoms with E-state index in [9.17, 15) is 0 Å². The van der Waals surface area contributed by atoms with Crippen molar-refractivity contribution in [2.24, 2.45) is 0 Å². The van der Waals surface area contributed by atoms with E-state index in [1.54, 1.807) is 7.11 Å². The molecule has 2 heteroatoms. The maximum absolute atomic E-state index is 5.23. The quantitative estimate of drug-likeness (QED) is 0.875. The van der Waals surface area contributed by atoms with Crippen LogP contribution >= 0.6 is 0 Å². The maximum atomic E-state index is 5.23. The number of hydrogen-bond donors (Lipinski definition) is 1. The molecule has 18 heavy (non-hydrogen) atoms. The topological polar surface area (TPSA) is 21.3 Å². The molecule has 0 aromatic heterocycles. The number of methoxy groups -OCH3 is 1. The molecule has 0 unspecified atom stereocenters. The Morgan fingerprint density at radius 2 is 1.67 bits per heavy atom. The zero-order valence-corrected chi connectivity index (χ0v) is 11.2. The van der Waals surface area contributed by atoms with Crippen LogP contribution in [0.3, 0.4) is 0 Å². The van der Waals surface area contributed by atoms with E-state index in [4.69, 9.17) is 4.74 Å². The minimum atomic E-state index is 0.808. The van der Waals surface area contributed by atoms with Gasteiger partial charge in [-0.25, -0.2) is 0 Å². The van der Waals surface area contributed by atoms with E-state index in [2.05, 4.69) is 49.5 Å². The lowest BCUT2D eigenvalue weighted by molar-refractivity contribution is 0.414. The van der Waals surface area contributed by atoms with E-state index < -0.39 is 0 Å². The Balaban J connectivity index is 2.11. The number of aryl methyl sites for hydroxylation is 2. The minimum Gasteiger partial charge on any atom is -0.497 e. The van der Waals surface area contributed by atoms with Crippen molar-refractivity contribution in [1.82, 2.24) is 0 Å². The van der Waals surface area contributed by atoms with Crippen molar-refractivity contribution >= 4 is 5.69 Å². The highest BCUT2D eigenvalue weighted by Gasteiger charge is 2.02. The highest BCUT2D eigenvalue weighted by atomic mass is 16.5. The molecule has 2 aromatic rings. The first kappa shape index (κ1) is 12.5. The van der Waals surface area contributed by atoms with Crippen molar-refractivity contribution in [3.63, 3.8) is 0 Å². The second kappa shape index (κ2) is 5.58. The molecule has 1 N–H and O–H groups in total. The average molecular weight is 241 g/mol. The molecule has 2 nitrogen and oxygen atoms in total. The second-order valence-corrected chi connectivity index (χ2v) is 4.47. The first-order valence-corrected chi connectivity index (χ1v) is 6.13. The molecule has 0 aliphatic heterocycles. The van der Waals surface area contributed by atoms with Gasteiger partial charge in [0.15, 0.2) is 0 Å². The van der Waals surface area contributed by atoms with Gasteiger partial charge in [-0.3, -0.25) is 0 Å². The van der Waals surface area contributed by atoms with Crippen molar-refractivity contribution in [2.75, 3.05) is 12.4 Å². The highest BCUT2D eigenvalue weighted by Crippen LogP contribution is 2.21. The minimum absolute atomic E-state index is 0.808. The smallest absolute Gasteiger partial charge is 0.119 e. The fraction of sp³-hybridized carbons (Fsp3) is 0.250. The van der Waals surface area contributed by atoms with Crippen molar-refractivity contribution in [3.8, 4) is 5.75 Å². The highest BCUT2D eigenvalue weighted by molar-refractivity contribution is 5.56. The molecule has 0 spiro atoms. The fourth-order valence-electron chi connectivity index (χ4n) is 2.07. The summed E-state index contributed by atoms with van der Waals surface area (Å²) in [4.78, 5) is 0. The van der Waals surface area contributed by atoms with Crippen LogP contribution in [0, 0.1) is 13.8 Å². The van der Waals surface area contributed by atoms with Crippen molar-refractivity contribution < 1.29 is 4.74 Å². The van der Waals surface area contributed by atoms with Crippen LogP contribution in [-0.2, 0) is 6.54 Å². The van der Waals surface area contributed by atoms with E-state index in [1.165, 1.54) is 22.4 Å². The summed E-state index contributed by atoms with van der Waals surface area (Å²) in [5.74, 6) is 0.899. The number of benzene rings is 2. The van der Waals surface area contributed by atoms with Crippen LogP contribution in [0.1, 0.15) is 16.7 Å². The first-order chi connectivity index (χ1) is 8.70. The number of ether oxygens (including phenoxy) is 1.